The molecule has 5 nitrogen and oxygen atoms in total. The molecule has 100 valence electrons. The lowest BCUT2D eigenvalue weighted by Gasteiger charge is -2.21. The summed E-state index contributed by atoms with van der Waals surface area (Å²) in [5.74, 6) is 0.868. The second-order valence-corrected chi connectivity index (χ2v) is 5.19. The number of fused-ring (bicyclic) bond motifs is 1. The van der Waals surface area contributed by atoms with Gasteiger partial charge in [0.25, 0.3) is 5.56 Å². The fourth-order valence-corrected chi connectivity index (χ4v) is 2.06. The summed E-state index contributed by atoms with van der Waals surface area (Å²) in [6.07, 6.45) is 0.986. The molecular weight excluding hydrogens is 228 g/mol. The summed E-state index contributed by atoms with van der Waals surface area (Å²) in [5.41, 5.74) is 0.946. The number of hydrogen-bond donors (Lipinski definition) is 1. The molecule has 5 heteroatoms. The highest BCUT2D eigenvalue weighted by molar-refractivity contribution is 5.06. The van der Waals surface area contributed by atoms with Crippen LogP contribution in [0.2, 0.25) is 0 Å². The van der Waals surface area contributed by atoms with Crippen molar-refractivity contribution in [3.63, 3.8) is 0 Å². The molecule has 0 fully saturated rings. The molecule has 1 aliphatic heterocycles. The summed E-state index contributed by atoms with van der Waals surface area (Å²) in [7, 11) is 2.05. The Morgan fingerprint density at radius 2 is 2.33 bits per heavy atom. The molecule has 0 aliphatic carbocycles. The Hall–Kier alpha value is -1.20. The molecule has 0 saturated carbocycles. The molecule has 0 amide bonds. The largest absolute Gasteiger partial charge is 0.310 e. The summed E-state index contributed by atoms with van der Waals surface area (Å²) in [4.78, 5) is 18.9. The molecule has 2 rings (SSSR count). The Morgan fingerprint density at radius 3 is 3.06 bits per heavy atom. The third-order valence-corrected chi connectivity index (χ3v) is 3.45. The first-order valence-electron chi connectivity index (χ1n) is 6.58. The number of nitrogens with one attached hydrogen (secondary N) is 1. The van der Waals surface area contributed by atoms with Crippen molar-refractivity contribution < 1.29 is 0 Å². The van der Waals surface area contributed by atoms with Crippen molar-refractivity contribution in [2.24, 2.45) is 0 Å². The lowest BCUT2D eigenvalue weighted by Crippen LogP contribution is -2.30. The molecule has 0 aromatic carbocycles. The number of nitrogens with zero attached hydrogens (tertiary/aromatic N) is 3. The van der Waals surface area contributed by atoms with Gasteiger partial charge >= 0.3 is 0 Å². The van der Waals surface area contributed by atoms with Gasteiger partial charge < -0.3 is 5.32 Å². The summed E-state index contributed by atoms with van der Waals surface area (Å²) in [6, 6.07) is 2.12. The topological polar surface area (TPSA) is 50.2 Å². The molecule has 1 aromatic rings. The number of aromatic nitrogens is 2. The zero-order chi connectivity index (χ0) is 13.1. The lowest BCUT2D eigenvalue weighted by molar-refractivity contribution is 0.262. The van der Waals surface area contributed by atoms with E-state index in [0.29, 0.717) is 12.6 Å². The van der Waals surface area contributed by atoms with Crippen LogP contribution in [0.1, 0.15) is 31.8 Å². The van der Waals surface area contributed by atoms with Crippen LogP contribution in [0.3, 0.4) is 0 Å². The number of rotatable bonds is 3. The molecule has 0 saturated heterocycles. The molecule has 0 atom stereocenters. The molecule has 0 radical (unpaired) electrons. The lowest BCUT2D eigenvalue weighted by atomic mass is 10.3. The van der Waals surface area contributed by atoms with Crippen LogP contribution in [0.4, 0.5) is 0 Å². The average molecular weight is 250 g/mol. The van der Waals surface area contributed by atoms with Gasteiger partial charge in [0.05, 0.1) is 12.2 Å². The van der Waals surface area contributed by atoms with Crippen LogP contribution in [0, 0.1) is 0 Å². The van der Waals surface area contributed by atoms with E-state index in [1.165, 1.54) is 0 Å². The van der Waals surface area contributed by atoms with Gasteiger partial charge in [-0.05, 0) is 33.9 Å². The van der Waals surface area contributed by atoms with E-state index in [0.717, 1.165) is 37.6 Å². The second-order valence-electron chi connectivity index (χ2n) is 5.19. The van der Waals surface area contributed by atoms with Gasteiger partial charge in [-0.3, -0.25) is 14.3 Å². The minimum Gasteiger partial charge on any atom is -0.310 e. The van der Waals surface area contributed by atoms with Gasteiger partial charge in [-0.15, -0.1) is 0 Å². The molecule has 1 aromatic heterocycles. The van der Waals surface area contributed by atoms with E-state index in [2.05, 4.69) is 29.0 Å². The molecule has 0 unspecified atom stereocenters. The molecule has 1 N–H and O–H groups in total. The zero-order valence-corrected chi connectivity index (χ0v) is 11.4. The third kappa shape index (κ3) is 2.97. The van der Waals surface area contributed by atoms with Crippen LogP contribution >= 0.6 is 0 Å². The fourth-order valence-electron chi connectivity index (χ4n) is 2.06. The van der Waals surface area contributed by atoms with Crippen molar-refractivity contribution >= 4 is 0 Å². The summed E-state index contributed by atoms with van der Waals surface area (Å²) in [5, 5.41) is 3.30. The van der Waals surface area contributed by atoms with Crippen molar-refractivity contribution in [3.05, 3.63) is 27.9 Å². The van der Waals surface area contributed by atoms with Crippen LogP contribution in [0.25, 0.3) is 0 Å². The van der Waals surface area contributed by atoms with E-state index in [4.69, 9.17) is 0 Å². The van der Waals surface area contributed by atoms with E-state index in [-0.39, 0.29) is 5.56 Å². The van der Waals surface area contributed by atoms with Gasteiger partial charge in [0.1, 0.15) is 5.82 Å². The summed E-state index contributed by atoms with van der Waals surface area (Å²) in [6.45, 7) is 7.41. The van der Waals surface area contributed by atoms with Crippen LogP contribution < -0.4 is 10.9 Å². The first-order chi connectivity index (χ1) is 8.58. The van der Waals surface area contributed by atoms with E-state index in [9.17, 15) is 4.79 Å². The predicted octanol–water partition coefficient (Wildman–Crippen LogP) is 0.577. The summed E-state index contributed by atoms with van der Waals surface area (Å²) < 4.78 is 1.79. The maximum atomic E-state index is 12.1. The smallest absolute Gasteiger partial charge is 0.253 e. The fraction of sp³-hybridized carbons (Fsp3) is 0.692. The van der Waals surface area contributed by atoms with Gasteiger partial charge in [-0.2, -0.15) is 0 Å². The van der Waals surface area contributed by atoms with Crippen LogP contribution in [-0.2, 0) is 19.6 Å². The molecular formula is C13H22N4O. The molecule has 0 spiro atoms. The third-order valence-electron chi connectivity index (χ3n) is 3.45. The van der Waals surface area contributed by atoms with Crippen molar-refractivity contribution in [1.29, 1.82) is 0 Å². The quantitative estimate of drug-likeness (QED) is 0.852. The molecule has 18 heavy (non-hydrogen) atoms. The number of hydrogen-bond acceptors (Lipinski definition) is 4. The first kappa shape index (κ1) is 13.2. The molecule has 2 heterocycles. The highest BCUT2D eigenvalue weighted by atomic mass is 16.1. The predicted molar refractivity (Wildman–Crippen MR) is 71.4 cm³/mol. The van der Waals surface area contributed by atoms with Gasteiger partial charge in [0.15, 0.2) is 0 Å². The van der Waals surface area contributed by atoms with Crippen LogP contribution in [-0.4, -0.2) is 34.1 Å². The Balaban J connectivity index is 2.26. The summed E-state index contributed by atoms with van der Waals surface area (Å²) >= 11 is 0. The minimum atomic E-state index is 0.0795. The maximum absolute atomic E-state index is 12.1. The average Bonchev–Trinajstić information content (AvgIpc) is 2.54. The van der Waals surface area contributed by atoms with Crippen LogP contribution in [0.5, 0.6) is 0 Å². The standard InChI is InChI=1S/C13H22N4O/c1-10(2)16(3)9-11-7-13(18)17-6-4-5-14-8-12(17)15-11/h7,10,14H,4-6,8-9H2,1-3H3. The maximum Gasteiger partial charge on any atom is 0.253 e. The van der Waals surface area contributed by atoms with Gasteiger partial charge in [-0.1, -0.05) is 0 Å². The van der Waals surface area contributed by atoms with Gasteiger partial charge in [0, 0.05) is 25.2 Å². The highest BCUT2D eigenvalue weighted by Gasteiger charge is 2.13. The minimum absolute atomic E-state index is 0.0795. The van der Waals surface area contributed by atoms with Gasteiger partial charge in [0.2, 0.25) is 0 Å². The van der Waals surface area contributed by atoms with E-state index < -0.39 is 0 Å². The Kier molecular flexibility index (Phi) is 4.14. The zero-order valence-electron chi connectivity index (χ0n) is 11.4. The molecule has 0 bridgehead atoms. The van der Waals surface area contributed by atoms with E-state index in [1.54, 1.807) is 10.6 Å². The Morgan fingerprint density at radius 1 is 1.56 bits per heavy atom. The normalized spacial score (nSPS) is 15.8. The van der Waals surface area contributed by atoms with Crippen LogP contribution in [0.15, 0.2) is 10.9 Å². The van der Waals surface area contributed by atoms with Gasteiger partial charge in [-0.25, -0.2) is 4.98 Å². The van der Waals surface area contributed by atoms with E-state index >= 15 is 0 Å². The van der Waals surface area contributed by atoms with E-state index in [1.807, 2.05) is 7.05 Å². The van der Waals surface area contributed by atoms with Crippen molar-refractivity contribution in [3.8, 4) is 0 Å². The SMILES string of the molecule is CC(C)N(C)Cc1cc(=O)n2c(n1)CNCCC2. The van der Waals surface area contributed by atoms with Crippen molar-refractivity contribution in [1.82, 2.24) is 19.8 Å². The molecule has 1 aliphatic rings. The Labute approximate surface area is 108 Å². The van der Waals surface area contributed by atoms with Crippen molar-refractivity contribution in [2.75, 3.05) is 13.6 Å². The highest BCUT2D eigenvalue weighted by Crippen LogP contribution is 2.05. The Bertz CT molecular complexity index is 467. The second kappa shape index (κ2) is 5.63. The van der Waals surface area contributed by atoms with Crippen molar-refractivity contribution in [2.45, 2.75) is 45.9 Å². The first-order valence-corrected chi connectivity index (χ1v) is 6.58. The monoisotopic (exact) mass is 250 g/mol.